The molecule has 1 unspecified atom stereocenters. The molecule has 1 atom stereocenters. The number of carbonyl (C=O) groups is 1. The van der Waals surface area contributed by atoms with Crippen molar-refractivity contribution >= 4 is 20.0 Å². The zero-order valence-electron chi connectivity index (χ0n) is 21.4. The lowest BCUT2D eigenvalue weighted by atomic mass is 9.86. The maximum Gasteiger partial charge on any atom is 0.416 e. The molecule has 194 valence electrons. The number of benzene rings is 1. The smallest absolute Gasteiger partial charge is 0.415 e. The van der Waals surface area contributed by atoms with Gasteiger partial charge in [0.25, 0.3) is 0 Å². The van der Waals surface area contributed by atoms with Crippen molar-refractivity contribution in [3.8, 4) is 0 Å². The topological polar surface area (TPSA) is 56.1 Å². The van der Waals surface area contributed by atoms with Crippen molar-refractivity contribution in [2.45, 2.75) is 89.6 Å². The van der Waals surface area contributed by atoms with Gasteiger partial charge < -0.3 is 9.74 Å². The number of aromatic nitrogens is 2. The number of carbonyl (C=O) groups excluding carboxylic acids is 1. The highest BCUT2D eigenvalue weighted by atomic mass is 28.4. The van der Waals surface area contributed by atoms with Crippen LogP contribution in [0.15, 0.2) is 36.5 Å². The summed E-state index contributed by atoms with van der Waals surface area (Å²) in [5.41, 5.74) is -0.336. The lowest BCUT2D eigenvalue weighted by molar-refractivity contribution is -0.137. The molecular weight excluding hydrogens is 471 g/mol. The van der Waals surface area contributed by atoms with E-state index >= 15 is 0 Å². The van der Waals surface area contributed by atoms with Gasteiger partial charge in [-0.1, -0.05) is 64.7 Å². The van der Waals surface area contributed by atoms with E-state index in [1.807, 2.05) is 0 Å². The number of anilines is 1. The molecule has 1 aromatic heterocycles. The third kappa shape index (κ3) is 7.43. The molecule has 1 amide bonds. The molecule has 1 aliphatic carbocycles. The van der Waals surface area contributed by atoms with E-state index in [2.05, 4.69) is 44.3 Å². The van der Waals surface area contributed by atoms with Crippen LogP contribution in [0.4, 0.5) is 19.0 Å². The van der Waals surface area contributed by atoms with Gasteiger partial charge in [-0.2, -0.15) is 18.3 Å². The molecule has 35 heavy (non-hydrogen) atoms. The van der Waals surface area contributed by atoms with Crippen LogP contribution >= 0.6 is 0 Å². The quantitative estimate of drug-likeness (QED) is 0.363. The van der Waals surface area contributed by atoms with Crippen molar-refractivity contribution in [3.63, 3.8) is 0 Å². The monoisotopic (exact) mass is 509 g/mol. The fraction of sp³-hybridized carbons (Fsp3) is 0.615. The minimum absolute atomic E-state index is 0.119. The predicted octanol–water partition coefficient (Wildman–Crippen LogP) is 7.23. The number of amides is 1. The van der Waals surface area contributed by atoms with Gasteiger partial charge in [0.15, 0.2) is 14.1 Å². The van der Waals surface area contributed by atoms with Gasteiger partial charge in [-0.3, -0.25) is 9.48 Å². The third-order valence-electron chi connectivity index (χ3n) is 7.46. The molecule has 0 bridgehead atoms. The number of nitrogens with zero attached hydrogens (tertiary/aromatic N) is 2. The first kappa shape index (κ1) is 27.5. The Morgan fingerprint density at radius 2 is 1.89 bits per heavy atom. The van der Waals surface area contributed by atoms with E-state index in [0.717, 1.165) is 37.8 Å². The van der Waals surface area contributed by atoms with E-state index in [1.54, 1.807) is 23.0 Å². The van der Waals surface area contributed by atoms with E-state index in [0.29, 0.717) is 36.9 Å². The molecule has 5 nitrogen and oxygen atoms in total. The van der Waals surface area contributed by atoms with Crippen molar-refractivity contribution in [2.24, 2.45) is 5.92 Å². The fourth-order valence-corrected chi connectivity index (χ4v) is 5.32. The molecule has 0 aliphatic heterocycles. The van der Waals surface area contributed by atoms with Crippen LogP contribution in [0.25, 0.3) is 0 Å². The van der Waals surface area contributed by atoms with Gasteiger partial charge in [-0.15, -0.1) is 0 Å². The van der Waals surface area contributed by atoms with Crippen LogP contribution in [-0.2, 0) is 21.9 Å². The van der Waals surface area contributed by atoms with Gasteiger partial charge in [-0.05, 0) is 42.1 Å². The highest BCUT2D eigenvalue weighted by Gasteiger charge is 2.37. The van der Waals surface area contributed by atoms with Crippen LogP contribution in [0.1, 0.15) is 69.9 Å². The number of alkyl halides is 3. The SMILES string of the molecule is CC(C)(C)[Si](C)(C)OCCn1ccc(NC(=O)C(CC2CCCC2)c2cccc(C(F)(F)F)c2)n1. The number of rotatable bonds is 9. The average molecular weight is 510 g/mol. The Morgan fingerprint density at radius 1 is 1.20 bits per heavy atom. The van der Waals surface area contributed by atoms with Crippen molar-refractivity contribution in [2.75, 3.05) is 11.9 Å². The molecular formula is C26H38F3N3O2Si. The summed E-state index contributed by atoms with van der Waals surface area (Å²) in [6, 6.07) is 6.86. The van der Waals surface area contributed by atoms with E-state index in [4.69, 9.17) is 4.43 Å². The number of nitrogens with one attached hydrogen (secondary N) is 1. The van der Waals surface area contributed by atoms with Gasteiger partial charge in [0, 0.05) is 12.3 Å². The summed E-state index contributed by atoms with van der Waals surface area (Å²) < 4.78 is 47.8. The van der Waals surface area contributed by atoms with Crippen LogP contribution < -0.4 is 5.32 Å². The van der Waals surface area contributed by atoms with Crippen molar-refractivity contribution in [1.29, 1.82) is 0 Å². The van der Waals surface area contributed by atoms with Crippen LogP contribution in [0.5, 0.6) is 0 Å². The molecule has 0 radical (unpaired) electrons. The Morgan fingerprint density at radius 3 is 2.51 bits per heavy atom. The lowest BCUT2D eigenvalue weighted by Gasteiger charge is -2.36. The molecule has 3 rings (SSSR count). The molecule has 1 saturated carbocycles. The number of hydrogen-bond acceptors (Lipinski definition) is 3. The zero-order valence-corrected chi connectivity index (χ0v) is 22.4. The van der Waals surface area contributed by atoms with Crippen molar-refractivity contribution in [1.82, 2.24) is 9.78 Å². The molecule has 1 heterocycles. The summed E-state index contributed by atoms with van der Waals surface area (Å²) in [6.07, 6.45) is 2.08. The minimum atomic E-state index is -4.45. The van der Waals surface area contributed by atoms with E-state index < -0.39 is 26.0 Å². The Labute approximate surface area is 207 Å². The van der Waals surface area contributed by atoms with Gasteiger partial charge >= 0.3 is 6.18 Å². The molecule has 1 aliphatic rings. The van der Waals surface area contributed by atoms with Crippen LogP contribution in [0.2, 0.25) is 18.1 Å². The van der Waals surface area contributed by atoms with Gasteiger partial charge in [0.05, 0.1) is 24.6 Å². The van der Waals surface area contributed by atoms with E-state index in [-0.39, 0.29) is 10.9 Å². The highest BCUT2D eigenvalue weighted by molar-refractivity contribution is 6.74. The normalized spacial score (nSPS) is 16.5. The van der Waals surface area contributed by atoms with Crippen molar-refractivity contribution in [3.05, 3.63) is 47.7 Å². The molecule has 1 aromatic carbocycles. The highest BCUT2D eigenvalue weighted by Crippen LogP contribution is 2.38. The molecule has 2 aromatic rings. The summed E-state index contributed by atoms with van der Waals surface area (Å²) in [7, 11) is -1.86. The standard InChI is InChI=1S/C26H38F3N3O2Si/c1-25(2,3)35(4,5)34-16-15-32-14-13-23(31-32)30-24(33)22(17-19-9-6-7-10-19)20-11-8-12-21(18-20)26(27,28)29/h8,11-14,18-19,22H,6-7,9-10,15-17H2,1-5H3,(H,30,31,33). The van der Waals surface area contributed by atoms with Gasteiger partial charge in [-0.25, -0.2) is 0 Å². The molecule has 0 spiro atoms. The maximum atomic E-state index is 13.3. The largest absolute Gasteiger partial charge is 0.416 e. The summed E-state index contributed by atoms with van der Waals surface area (Å²) in [5.74, 6) is -0.248. The second-order valence-corrected chi connectivity index (χ2v) is 15.9. The number of halogens is 3. The van der Waals surface area contributed by atoms with Gasteiger partial charge in [0.2, 0.25) is 5.91 Å². The lowest BCUT2D eigenvalue weighted by Crippen LogP contribution is -2.41. The summed E-state index contributed by atoms with van der Waals surface area (Å²) >= 11 is 0. The average Bonchev–Trinajstić information content (AvgIpc) is 3.42. The first-order valence-corrected chi connectivity index (χ1v) is 15.3. The third-order valence-corrected chi connectivity index (χ3v) is 12.0. The van der Waals surface area contributed by atoms with Gasteiger partial charge in [0.1, 0.15) is 0 Å². The maximum absolute atomic E-state index is 13.3. The summed E-state index contributed by atoms with van der Waals surface area (Å²) in [5, 5.41) is 7.40. The molecule has 0 saturated heterocycles. The van der Waals surface area contributed by atoms with Crippen LogP contribution in [0, 0.1) is 5.92 Å². The second kappa shape index (κ2) is 10.9. The second-order valence-electron chi connectivity index (χ2n) is 11.1. The molecule has 1 fully saturated rings. The molecule has 1 N–H and O–H groups in total. The number of hydrogen-bond donors (Lipinski definition) is 1. The van der Waals surface area contributed by atoms with Crippen LogP contribution in [0.3, 0.4) is 0 Å². The van der Waals surface area contributed by atoms with Crippen LogP contribution in [-0.4, -0.2) is 30.6 Å². The summed E-state index contributed by atoms with van der Waals surface area (Å²) in [4.78, 5) is 13.3. The first-order chi connectivity index (χ1) is 16.3. The minimum Gasteiger partial charge on any atom is -0.415 e. The Kier molecular flexibility index (Phi) is 8.52. The zero-order chi connectivity index (χ0) is 25.9. The van der Waals surface area contributed by atoms with E-state index in [1.165, 1.54) is 6.07 Å². The predicted molar refractivity (Wildman–Crippen MR) is 135 cm³/mol. The summed E-state index contributed by atoms with van der Waals surface area (Å²) in [6.45, 7) is 12.0. The Bertz CT molecular complexity index is 992. The Balaban J connectivity index is 1.68. The molecule has 9 heteroatoms. The fourth-order valence-electron chi connectivity index (χ4n) is 4.28. The first-order valence-electron chi connectivity index (χ1n) is 12.4. The van der Waals surface area contributed by atoms with E-state index in [9.17, 15) is 18.0 Å². The Hall–Kier alpha value is -2.13. The van der Waals surface area contributed by atoms with Crippen molar-refractivity contribution < 1.29 is 22.4 Å².